The lowest BCUT2D eigenvalue weighted by atomic mass is 10.3. The summed E-state index contributed by atoms with van der Waals surface area (Å²) >= 11 is 0. The number of methoxy groups -OCH3 is 1. The van der Waals surface area contributed by atoms with E-state index in [0.29, 0.717) is 0 Å². The zero-order chi connectivity index (χ0) is 14.5. The third kappa shape index (κ3) is 2.96. The van der Waals surface area contributed by atoms with Crippen molar-refractivity contribution in [2.75, 3.05) is 13.7 Å². The van der Waals surface area contributed by atoms with Gasteiger partial charge in [-0.25, -0.2) is 4.98 Å². The number of rotatable bonds is 7. The largest absolute Gasteiger partial charge is 0.497 e. The van der Waals surface area contributed by atoms with Gasteiger partial charge >= 0.3 is 0 Å². The van der Waals surface area contributed by atoms with E-state index in [1.54, 1.807) is 7.11 Å². The number of nitrogens with zero attached hydrogens (tertiary/aromatic N) is 2. The van der Waals surface area contributed by atoms with Crippen LogP contribution in [0, 0.1) is 0 Å². The maximum atomic E-state index is 5.29. The van der Waals surface area contributed by atoms with E-state index in [-0.39, 0.29) is 6.04 Å². The standard InChI is InChI=1S/C16H25N3O/c1-5-9-17-12(3)16-18-14-11-13(20-4)7-8-15(14)19(16)10-6-2/h7-8,11-12,17H,5-6,9-10H2,1-4H3. The minimum atomic E-state index is 0.264. The molecule has 0 aliphatic heterocycles. The van der Waals surface area contributed by atoms with Crippen LogP contribution >= 0.6 is 0 Å². The van der Waals surface area contributed by atoms with Gasteiger partial charge in [0.25, 0.3) is 0 Å². The molecule has 110 valence electrons. The Bertz CT molecular complexity index is 562. The Labute approximate surface area is 121 Å². The maximum absolute atomic E-state index is 5.29. The number of aryl methyl sites for hydroxylation is 1. The van der Waals surface area contributed by atoms with E-state index >= 15 is 0 Å². The summed E-state index contributed by atoms with van der Waals surface area (Å²) in [6, 6.07) is 6.38. The zero-order valence-electron chi connectivity index (χ0n) is 12.9. The van der Waals surface area contributed by atoms with Crippen molar-refractivity contribution in [1.82, 2.24) is 14.9 Å². The highest BCUT2D eigenvalue weighted by molar-refractivity contribution is 5.78. The highest BCUT2D eigenvalue weighted by Gasteiger charge is 2.16. The van der Waals surface area contributed by atoms with Crippen molar-refractivity contribution < 1.29 is 4.74 Å². The molecule has 0 saturated carbocycles. The van der Waals surface area contributed by atoms with Crippen LogP contribution < -0.4 is 10.1 Å². The highest BCUT2D eigenvalue weighted by Crippen LogP contribution is 2.25. The van der Waals surface area contributed by atoms with Crippen molar-refractivity contribution in [3.8, 4) is 5.75 Å². The second-order valence-corrected chi connectivity index (χ2v) is 5.15. The van der Waals surface area contributed by atoms with E-state index in [1.165, 1.54) is 5.52 Å². The summed E-state index contributed by atoms with van der Waals surface area (Å²) in [5.74, 6) is 1.97. The molecule has 2 aromatic rings. The average Bonchev–Trinajstić information content (AvgIpc) is 2.83. The number of hydrogen-bond acceptors (Lipinski definition) is 3. The molecule has 1 unspecified atom stereocenters. The van der Waals surface area contributed by atoms with Gasteiger partial charge in [-0.1, -0.05) is 13.8 Å². The van der Waals surface area contributed by atoms with Crippen LogP contribution in [0.15, 0.2) is 18.2 Å². The Morgan fingerprint density at radius 2 is 2.10 bits per heavy atom. The van der Waals surface area contributed by atoms with E-state index < -0.39 is 0 Å². The molecule has 4 nitrogen and oxygen atoms in total. The molecule has 0 bridgehead atoms. The summed E-state index contributed by atoms with van der Waals surface area (Å²) < 4.78 is 7.61. The first kappa shape index (κ1) is 14.9. The van der Waals surface area contributed by atoms with E-state index in [0.717, 1.165) is 43.0 Å². The Hall–Kier alpha value is -1.55. The second kappa shape index (κ2) is 6.75. The van der Waals surface area contributed by atoms with Gasteiger partial charge in [0.1, 0.15) is 11.6 Å². The quantitative estimate of drug-likeness (QED) is 0.840. The van der Waals surface area contributed by atoms with E-state index in [1.807, 2.05) is 12.1 Å². The Kier molecular flexibility index (Phi) is 5.01. The van der Waals surface area contributed by atoms with E-state index in [9.17, 15) is 0 Å². The number of nitrogens with one attached hydrogen (secondary N) is 1. The third-order valence-electron chi connectivity index (χ3n) is 3.52. The van der Waals surface area contributed by atoms with Crippen LogP contribution in [0.2, 0.25) is 0 Å². The number of imidazole rings is 1. The van der Waals surface area contributed by atoms with Crippen LogP contribution in [0.25, 0.3) is 11.0 Å². The van der Waals surface area contributed by atoms with Crippen LogP contribution in [0.1, 0.15) is 45.5 Å². The van der Waals surface area contributed by atoms with Gasteiger partial charge in [0.15, 0.2) is 0 Å². The number of fused-ring (bicyclic) bond motifs is 1. The molecule has 0 aliphatic carbocycles. The molecule has 1 atom stereocenters. The molecule has 1 aromatic carbocycles. The van der Waals surface area contributed by atoms with Crippen LogP contribution in [0.5, 0.6) is 5.75 Å². The summed E-state index contributed by atoms with van der Waals surface area (Å²) in [7, 11) is 1.69. The Morgan fingerprint density at radius 1 is 1.30 bits per heavy atom. The summed E-state index contributed by atoms with van der Waals surface area (Å²) in [4.78, 5) is 4.81. The minimum Gasteiger partial charge on any atom is -0.497 e. The lowest BCUT2D eigenvalue weighted by Crippen LogP contribution is -2.22. The van der Waals surface area contributed by atoms with Crippen molar-refractivity contribution in [3.05, 3.63) is 24.0 Å². The van der Waals surface area contributed by atoms with Gasteiger partial charge in [-0.2, -0.15) is 0 Å². The molecular formula is C16H25N3O. The molecule has 0 fully saturated rings. The van der Waals surface area contributed by atoms with Gasteiger partial charge in [-0.05, 0) is 38.4 Å². The van der Waals surface area contributed by atoms with Gasteiger partial charge in [-0.15, -0.1) is 0 Å². The molecule has 1 N–H and O–H groups in total. The molecule has 4 heteroatoms. The van der Waals surface area contributed by atoms with Gasteiger partial charge in [-0.3, -0.25) is 0 Å². The van der Waals surface area contributed by atoms with Gasteiger partial charge in [0, 0.05) is 12.6 Å². The van der Waals surface area contributed by atoms with E-state index in [2.05, 4.69) is 36.7 Å². The minimum absolute atomic E-state index is 0.264. The van der Waals surface area contributed by atoms with Crippen molar-refractivity contribution in [2.45, 2.75) is 46.2 Å². The van der Waals surface area contributed by atoms with Crippen molar-refractivity contribution in [2.24, 2.45) is 0 Å². The fourth-order valence-corrected chi connectivity index (χ4v) is 2.50. The smallest absolute Gasteiger partial charge is 0.126 e. The highest BCUT2D eigenvalue weighted by atomic mass is 16.5. The number of ether oxygens (including phenoxy) is 1. The fourth-order valence-electron chi connectivity index (χ4n) is 2.50. The van der Waals surface area contributed by atoms with Gasteiger partial charge in [0.05, 0.1) is 24.2 Å². The van der Waals surface area contributed by atoms with Gasteiger partial charge in [0.2, 0.25) is 0 Å². The monoisotopic (exact) mass is 275 g/mol. The number of benzene rings is 1. The average molecular weight is 275 g/mol. The van der Waals surface area contributed by atoms with Crippen LogP contribution in [-0.2, 0) is 6.54 Å². The molecule has 20 heavy (non-hydrogen) atoms. The lowest BCUT2D eigenvalue weighted by Gasteiger charge is -2.15. The van der Waals surface area contributed by atoms with Crippen molar-refractivity contribution >= 4 is 11.0 Å². The van der Waals surface area contributed by atoms with Crippen molar-refractivity contribution in [1.29, 1.82) is 0 Å². The van der Waals surface area contributed by atoms with Crippen LogP contribution in [0.3, 0.4) is 0 Å². The maximum Gasteiger partial charge on any atom is 0.126 e. The Morgan fingerprint density at radius 3 is 2.75 bits per heavy atom. The van der Waals surface area contributed by atoms with E-state index in [4.69, 9.17) is 9.72 Å². The predicted octanol–water partition coefficient (Wildman–Crippen LogP) is 3.52. The van der Waals surface area contributed by atoms with Gasteiger partial charge < -0.3 is 14.6 Å². The summed E-state index contributed by atoms with van der Waals surface area (Å²) in [5, 5.41) is 3.52. The molecule has 0 radical (unpaired) electrons. The first-order valence-corrected chi connectivity index (χ1v) is 7.48. The molecular weight excluding hydrogens is 250 g/mol. The number of hydrogen-bond donors (Lipinski definition) is 1. The first-order chi connectivity index (χ1) is 9.71. The summed E-state index contributed by atoms with van der Waals surface area (Å²) in [5.41, 5.74) is 2.20. The molecule has 1 heterocycles. The molecule has 1 aromatic heterocycles. The molecule has 0 amide bonds. The topological polar surface area (TPSA) is 39.1 Å². The van der Waals surface area contributed by atoms with Crippen LogP contribution in [0.4, 0.5) is 0 Å². The number of aromatic nitrogens is 2. The normalized spacial score (nSPS) is 12.8. The molecule has 0 aliphatic rings. The molecule has 0 saturated heterocycles. The second-order valence-electron chi connectivity index (χ2n) is 5.15. The first-order valence-electron chi connectivity index (χ1n) is 7.48. The third-order valence-corrected chi connectivity index (χ3v) is 3.52. The fraction of sp³-hybridized carbons (Fsp3) is 0.562. The molecule has 2 rings (SSSR count). The zero-order valence-corrected chi connectivity index (χ0v) is 12.9. The summed E-state index contributed by atoms with van der Waals surface area (Å²) in [6.45, 7) is 8.57. The van der Waals surface area contributed by atoms with Crippen molar-refractivity contribution in [3.63, 3.8) is 0 Å². The summed E-state index contributed by atoms with van der Waals surface area (Å²) in [6.07, 6.45) is 2.23. The molecule has 0 spiro atoms. The lowest BCUT2D eigenvalue weighted by molar-refractivity contribution is 0.415. The Balaban J connectivity index is 2.43. The van der Waals surface area contributed by atoms with Crippen LogP contribution in [-0.4, -0.2) is 23.2 Å². The predicted molar refractivity (Wildman–Crippen MR) is 83.3 cm³/mol. The SMILES string of the molecule is CCCNC(C)c1nc2cc(OC)ccc2n1CCC.